The van der Waals surface area contributed by atoms with Gasteiger partial charge in [-0.3, -0.25) is 10.1 Å². The predicted octanol–water partition coefficient (Wildman–Crippen LogP) is 3.15. The molecule has 0 saturated heterocycles. The van der Waals surface area contributed by atoms with Crippen molar-refractivity contribution in [3.05, 3.63) is 57.6 Å². The molecule has 0 aliphatic carbocycles. The van der Waals surface area contributed by atoms with Crippen LogP contribution in [0.2, 0.25) is 0 Å². The molecule has 0 fully saturated rings. The van der Waals surface area contributed by atoms with Crippen LogP contribution in [0.4, 0.5) is 11.4 Å². The van der Waals surface area contributed by atoms with E-state index >= 15 is 0 Å². The van der Waals surface area contributed by atoms with E-state index in [9.17, 15) is 15.2 Å². The fourth-order valence-electron chi connectivity index (χ4n) is 2.42. The number of nitrogens with zero attached hydrogens (tertiary/aromatic N) is 1. The van der Waals surface area contributed by atoms with Crippen LogP contribution in [0.25, 0.3) is 0 Å². The molecule has 1 aliphatic rings. The molecule has 1 unspecified atom stereocenters. The zero-order valence-electron chi connectivity index (χ0n) is 11.4. The van der Waals surface area contributed by atoms with Gasteiger partial charge in [0.25, 0.3) is 5.69 Å². The number of anilines is 1. The molecule has 0 saturated carbocycles. The SMILES string of the molecule is Cc1ccc(NC2COc3cc(O)ccc32)c([N+](=O)[O-])c1. The average Bonchev–Trinajstić information content (AvgIpc) is 2.82. The maximum atomic E-state index is 11.1. The molecule has 6 heteroatoms. The van der Waals surface area contributed by atoms with Gasteiger partial charge in [-0.1, -0.05) is 6.07 Å². The predicted molar refractivity (Wildman–Crippen MR) is 77.8 cm³/mol. The highest BCUT2D eigenvalue weighted by Crippen LogP contribution is 2.38. The summed E-state index contributed by atoms with van der Waals surface area (Å²) in [7, 11) is 0. The molecule has 2 aromatic rings. The molecule has 1 atom stereocenters. The Labute approximate surface area is 121 Å². The third-order valence-corrected chi connectivity index (χ3v) is 3.46. The van der Waals surface area contributed by atoms with Crippen molar-refractivity contribution >= 4 is 11.4 Å². The van der Waals surface area contributed by atoms with Gasteiger partial charge in [-0.15, -0.1) is 0 Å². The quantitative estimate of drug-likeness (QED) is 0.668. The number of phenolic OH excluding ortho intramolecular Hbond substituents is 1. The Balaban J connectivity index is 1.91. The number of nitro benzene ring substituents is 1. The third kappa shape index (κ3) is 2.47. The first-order valence-electron chi connectivity index (χ1n) is 6.52. The van der Waals surface area contributed by atoms with E-state index in [4.69, 9.17) is 4.74 Å². The van der Waals surface area contributed by atoms with Crippen molar-refractivity contribution in [1.29, 1.82) is 0 Å². The number of nitro groups is 1. The van der Waals surface area contributed by atoms with Gasteiger partial charge in [-0.05, 0) is 30.7 Å². The summed E-state index contributed by atoms with van der Waals surface area (Å²) in [5.41, 5.74) is 2.21. The fraction of sp³-hybridized carbons (Fsp3) is 0.200. The summed E-state index contributed by atoms with van der Waals surface area (Å²) in [4.78, 5) is 10.7. The smallest absolute Gasteiger partial charge is 0.292 e. The Hall–Kier alpha value is -2.76. The summed E-state index contributed by atoms with van der Waals surface area (Å²) in [5.74, 6) is 0.734. The first-order chi connectivity index (χ1) is 10.0. The number of hydrogen-bond acceptors (Lipinski definition) is 5. The van der Waals surface area contributed by atoms with Gasteiger partial charge in [0.05, 0.1) is 11.0 Å². The average molecular weight is 286 g/mol. The number of rotatable bonds is 3. The summed E-state index contributed by atoms with van der Waals surface area (Å²) in [6.45, 7) is 2.18. The van der Waals surface area contributed by atoms with E-state index in [0.29, 0.717) is 18.0 Å². The maximum absolute atomic E-state index is 11.1. The first-order valence-corrected chi connectivity index (χ1v) is 6.52. The highest BCUT2D eigenvalue weighted by Gasteiger charge is 2.26. The van der Waals surface area contributed by atoms with E-state index in [-0.39, 0.29) is 17.5 Å². The molecule has 21 heavy (non-hydrogen) atoms. The minimum atomic E-state index is -0.400. The van der Waals surface area contributed by atoms with Gasteiger partial charge in [-0.25, -0.2) is 0 Å². The topological polar surface area (TPSA) is 84.6 Å². The summed E-state index contributed by atoms with van der Waals surface area (Å²) in [5, 5.41) is 23.7. The van der Waals surface area contributed by atoms with Gasteiger partial charge in [0.1, 0.15) is 23.8 Å². The molecule has 1 aliphatic heterocycles. The number of benzene rings is 2. The zero-order chi connectivity index (χ0) is 15.0. The molecule has 108 valence electrons. The molecule has 2 aromatic carbocycles. The Kier molecular flexibility index (Phi) is 3.13. The number of aromatic hydroxyl groups is 1. The third-order valence-electron chi connectivity index (χ3n) is 3.46. The molecule has 0 radical (unpaired) electrons. The van der Waals surface area contributed by atoms with Gasteiger partial charge in [0, 0.05) is 17.7 Å². The minimum Gasteiger partial charge on any atom is -0.508 e. The molecule has 6 nitrogen and oxygen atoms in total. The van der Waals surface area contributed by atoms with E-state index < -0.39 is 4.92 Å². The van der Waals surface area contributed by atoms with Gasteiger partial charge in [0.15, 0.2) is 0 Å². The van der Waals surface area contributed by atoms with Crippen molar-refractivity contribution in [2.45, 2.75) is 13.0 Å². The van der Waals surface area contributed by atoms with Crippen molar-refractivity contribution in [3.8, 4) is 11.5 Å². The number of aryl methyl sites for hydroxylation is 1. The van der Waals surface area contributed by atoms with Crippen molar-refractivity contribution in [1.82, 2.24) is 0 Å². The minimum absolute atomic E-state index is 0.0437. The van der Waals surface area contributed by atoms with Crippen LogP contribution in [0, 0.1) is 17.0 Å². The van der Waals surface area contributed by atoms with Gasteiger partial charge in [0.2, 0.25) is 0 Å². The number of nitrogens with one attached hydrogen (secondary N) is 1. The van der Waals surface area contributed by atoms with Crippen molar-refractivity contribution in [3.63, 3.8) is 0 Å². The van der Waals surface area contributed by atoms with E-state index in [1.807, 2.05) is 13.0 Å². The molecular weight excluding hydrogens is 272 g/mol. The van der Waals surface area contributed by atoms with Crippen LogP contribution in [0.1, 0.15) is 17.2 Å². The number of fused-ring (bicyclic) bond motifs is 1. The maximum Gasteiger partial charge on any atom is 0.292 e. The van der Waals surface area contributed by atoms with E-state index in [0.717, 1.165) is 11.1 Å². The second-order valence-corrected chi connectivity index (χ2v) is 5.01. The molecule has 2 N–H and O–H groups in total. The largest absolute Gasteiger partial charge is 0.508 e. The molecule has 0 spiro atoms. The van der Waals surface area contributed by atoms with Crippen LogP contribution in [-0.4, -0.2) is 16.6 Å². The molecule has 0 amide bonds. The standard InChI is InChI=1S/C15H14N2O4/c1-9-2-5-12(14(6-9)17(19)20)16-13-8-21-15-7-10(18)3-4-11(13)15/h2-7,13,16,18H,8H2,1H3. The van der Waals surface area contributed by atoms with Gasteiger partial charge < -0.3 is 15.2 Å². The number of hydrogen-bond donors (Lipinski definition) is 2. The van der Waals surface area contributed by atoms with Crippen LogP contribution in [0.5, 0.6) is 11.5 Å². The Morgan fingerprint density at radius 2 is 2.14 bits per heavy atom. The lowest BCUT2D eigenvalue weighted by atomic mass is 10.1. The molecular formula is C15H14N2O4. The van der Waals surface area contributed by atoms with Crippen molar-refractivity contribution in [2.75, 3.05) is 11.9 Å². The highest BCUT2D eigenvalue weighted by atomic mass is 16.6. The first kappa shape index (κ1) is 13.2. The normalized spacial score (nSPS) is 16.1. The summed E-state index contributed by atoms with van der Waals surface area (Å²) < 4.78 is 5.50. The van der Waals surface area contributed by atoms with Crippen molar-refractivity contribution < 1.29 is 14.8 Å². The van der Waals surface area contributed by atoms with Gasteiger partial charge in [-0.2, -0.15) is 0 Å². The lowest BCUT2D eigenvalue weighted by molar-refractivity contribution is -0.384. The molecule has 0 aromatic heterocycles. The molecule has 0 bridgehead atoms. The summed E-state index contributed by atoms with van der Waals surface area (Å²) in [6.07, 6.45) is 0. The zero-order valence-corrected chi connectivity index (χ0v) is 11.4. The molecule has 1 heterocycles. The lowest BCUT2D eigenvalue weighted by Crippen LogP contribution is -2.13. The second-order valence-electron chi connectivity index (χ2n) is 5.01. The monoisotopic (exact) mass is 286 g/mol. The van der Waals surface area contributed by atoms with Crippen LogP contribution >= 0.6 is 0 Å². The number of ether oxygens (including phenoxy) is 1. The van der Waals surface area contributed by atoms with Crippen LogP contribution in [0.15, 0.2) is 36.4 Å². The number of phenols is 1. The Bertz CT molecular complexity index is 715. The Morgan fingerprint density at radius 3 is 2.90 bits per heavy atom. The van der Waals surface area contributed by atoms with E-state index in [2.05, 4.69) is 5.32 Å². The summed E-state index contributed by atoms with van der Waals surface area (Å²) >= 11 is 0. The Morgan fingerprint density at radius 1 is 1.33 bits per heavy atom. The fourth-order valence-corrected chi connectivity index (χ4v) is 2.42. The second kappa shape index (κ2) is 4.97. The van der Waals surface area contributed by atoms with Crippen LogP contribution in [-0.2, 0) is 0 Å². The summed E-state index contributed by atoms with van der Waals surface area (Å²) in [6, 6.07) is 9.76. The van der Waals surface area contributed by atoms with Crippen LogP contribution in [0.3, 0.4) is 0 Å². The van der Waals surface area contributed by atoms with Crippen molar-refractivity contribution in [2.24, 2.45) is 0 Å². The van der Waals surface area contributed by atoms with E-state index in [1.165, 1.54) is 6.07 Å². The van der Waals surface area contributed by atoms with E-state index in [1.54, 1.807) is 24.3 Å². The highest BCUT2D eigenvalue weighted by molar-refractivity contribution is 5.64. The van der Waals surface area contributed by atoms with Crippen LogP contribution < -0.4 is 10.1 Å². The lowest BCUT2D eigenvalue weighted by Gasteiger charge is -2.13. The van der Waals surface area contributed by atoms with Gasteiger partial charge >= 0.3 is 0 Å². The molecule has 3 rings (SSSR count).